The normalized spacial score (nSPS) is 11.1. The highest BCUT2D eigenvalue weighted by Gasteiger charge is 2.19. The minimum Gasteiger partial charge on any atom is -0.443 e. The number of nitrogens with zero attached hydrogens (tertiary/aromatic N) is 5. The summed E-state index contributed by atoms with van der Waals surface area (Å²) in [5.74, 6) is 0.699. The molecule has 1 aromatic carbocycles. The van der Waals surface area contributed by atoms with Crippen molar-refractivity contribution in [2.45, 2.75) is 19.4 Å². The molecule has 0 radical (unpaired) electrons. The molecule has 0 atom stereocenters. The number of anilines is 2. The first-order chi connectivity index (χ1) is 18.5. The van der Waals surface area contributed by atoms with E-state index in [0.717, 1.165) is 16.0 Å². The molecule has 194 valence electrons. The van der Waals surface area contributed by atoms with Crippen LogP contribution in [0.1, 0.15) is 21.7 Å². The van der Waals surface area contributed by atoms with E-state index in [1.165, 1.54) is 17.7 Å². The third kappa shape index (κ3) is 5.48. The van der Waals surface area contributed by atoms with Gasteiger partial charge in [-0.2, -0.15) is 0 Å². The van der Waals surface area contributed by atoms with Crippen LogP contribution in [-0.4, -0.2) is 52.1 Å². The van der Waals surface area contributed by atoms with Gasteiger partial charge in [0, 0.05) is 38.8 Å². The van der Waals surface area contributed by atoms with Crippen molar-refractivity contribution in [1.82, 2.24) is 19.5 Å². The fourth-order valence-corrected chi connectivity index (χ4v) is 4.88. The number of rotatable bonds is 10. The summed E-state index contributed by atoms with van der Waals surface area (Å²) in [6.45, 7) is 0.930. The number of aromatic nitrogens is 4. The summed E-state index contributed by atoms with van der Waals surface area (Å²) < 4.78 is 12.3. The first kappa shape index (κ1) is 25.3. The van der Waals surface area contributed by atoms with Crippen LogP contribution in [0.5, 0.6) is 0 Å². The van der Waals surface area contributed by atoms with Crippen molar-refractivity contribution >= 4 is 45.8 Å². The van der Waals surface area contributed by atoms with E-state index in [2.05, 4.69) is 15.3 Å². The van der Waals surface area contributed by atoms with Gasteiger partial charge in [-0.3, -0.25) is 19.9 Å². The average molecular weight is 531 g/mol. The van der Waals surface area contributed by atoms with Crippen molar-refractivity contribution < 1.29 is 18.7 Å². The lowest BCUT2D eigenvalue weighted by molar-refractivity contribution is -0.119. The SMILES string of the molecule is COCCC(=O)N(C)c1ccc2c(c1)nc(NC(=O)c1ccc(-c3cnco3)s1)n2CCc1cccnc1. The molecule has 5 rings (SSSR count). The Morgan fingerprint density at radius 3 is 2.82 bits per heavy atom. The van der Waals surface area contributed by atoms with Crippen molar-refractivity contribution in [1.29, 1.82) is 0 Å². The van der Waals surface area contributed by atoms with E-state index in [4.69, 9.17) is 14.1 Å². The number of oxazole rings is 1. The van der Waals surface area contributed by atoms with Gasteiger partial charge in [-0.1, -0.05) is 6.07 Å². The quantitative estimate of drug-likeness (QED) is 0.280. The maximum Gasteiger partial charge on any atom is 0.268 e. The summed E-state index contributed by atoms with van der Waals surface area (Å²) >= 11 is 1.31. The number of thiophene rings is 1. The summed E-state index contributed by atoms with van der Waals surface area (Å²) in [6.07, 6.45) is 7.52. The molecule has 0 saturated heterocycles. The second kappa shape index (κ2) is 11.4. The van der Waals surface area contributed by atoms with Crippen LogP contribution >= 0.6 is 11.3 Å². The zero-order valence-electron chi connectivity index (χ0n) is 21.0. The van der Waals surface area contributed by atoms with Gasteiger partial charge in [-0.15, -0.1) is 11.3 Å². The van der Waals surface area contributed by atoms with E-state index in [1.807, 2.05) is 47.2 Å². The number of carbonyl (C=O) groups is 2. The molecule has 11 heteroatoms. The maximum atomic E-state index is 13.2. The van der Waals surface area contributed by atoms with Crippen molar-refractivity contribution in [2.24, 2.45) is 0 Å². The molecule has 5 aromatic rings. The van der Waals surface area contributed by atoms with Gasteiger partial charge in [0.1, 0.15) is 0 Å². The van der Waals surface area contributed by atoms with E-state index < -0.39 is 0 Å². The van der Waals surface area contributed by atoms with Crippen molar-refractivity contribution in [3.63, 3.8) is 0 Å². The molecule has 2 amide bonds. The lowest BCUT2D eigenvalue weighted by Crippen LogP contribution is -2.26. The van der Waals surface area contributed by atoms with Crippen molar-refractivity contribution in [2.75, 3.05) is 31.0 Å². The van der Waals surface area contributed by atoms with Gasteiger partial charge < -0.3 is 18.6 Å². The van der Waals surface area contributed by atoms with E-state index in [9.17, 15) is 9.59 Å². The molecule has 1 N–H and O–H groups in total. The van der Waals surface area contributed by atoms with Gasteiger partial charge >= 0.3 is 0 Å². The molecule has 0 fully saturated rings. The van der Waals surface area contributed by atoms with Crippen LogP contribution < -0.4 is 10.2 Å². The highest BCUT2D eigenvalue weighted by molar-refractivity contribution is 7.17. The third-order valence-corrected chi connectivity index (χ3v) is 7.19. The number of fused-ring (bicyclic) bond motifs is 1. The Morgan fingerprint density at radius 2 is 2.05 bits per heavy atom. The molecule has 0 bridgehead atoms. The Kier molecular flexibility index (Phi) is 7.57. The summed E-state index contributed by atoms with van der Waals surface area (Å²) in [7, 11) is 3.29. The molecular weight excluding hydrogens is 504 g/mol. The van der Waals surface area contributed by atoms with Crippen molar-refractivity contribution in [3.8, 4) is 10.6 Å². The van der Waals surface area contributed by atoms with Crippen LogP contribution in [0, 0.1) is 0 Å². The number of hydrogen-bond acceptors (Lipinski definition) is 8. The van der Waals surface area contributed by atoms with E-state index in [-0.39, 0.29) is 18.2 Å². The molecule has 38 heavy (non-hydrogen) atoms. The fourth-order valence-electron chi connectivity index (χ4n) is 4.03. The Bertz CT molecular complexity index is 1540. The summed E-state index contributed by atoms with van der Waals surface area (Å²) in [6, 6.07) is 13.1. The Labute approximate surface area is 222 Å². The van der Waals surface area contributed by atoms with Crippen LogP contribution in [-0.2, 0) is 22.5 Å². The molecule has 4 aromatic heterocycles. The van der Waals surface area contributed by atoms with Crippen LogP contribution in [0.4, 0.5) is 11.6 Å². The average Bonchev–Trinajstić information content (AvgIpc) is 3.70. The predicted octanol–water partition coefficient (Wildman–Crippen LogP) is 4.64. The fraction of sp³-hybridized carbons (Fsp3) is 0.222. The van der Waals surface area contributed by atoms with Crippen LogP contribution in [0.3, 0.4) is 0 Å². The molecule has 10 nitrogen and oxygen atoms in total. The highest BCUT2D eigenvalue weighted by Crippen LogP contribution is 2.29. The summed E-state index contributed by atoms with van der Waals surface area (Å²) in [4.78, 5) is 41.5. The van der Waals surface area contributed by atoms with E-state index >= 15 is 0 Å². The first-order valence-electron chi connectivity index (χ1n) is 12.0. The lowest BCUT2D eigenvalue weighted by atomic mass is 10.2. The smallest absolute Gasteiger partial charge is 0.268 e. The van der Waals surface area contributed by atoms with Crippen LogP contribution in [0.2, 0.25) is 0 Å². The van der Waals surface area contributed by atoms with Gasteiger partial charge in [0.15, 0.2) is 12.2 Å². The number of amides is 2. The van der Waals surface area contributed by atoms with Crippen LogP contribution in [0.25, 0.3) is 21.7 Å². The monoisotopic (exact) mass is 530 g/mol. The zero-order valence-corrected chi connectivity index (χ0v) is 21.8. The second-order valence-electron chi connectivity index (χ2n) is 8.55. The van der Waals surface area contributed by atoms with Gasteiger partial charge in [-0.25, -0.2) is 9.97 Å². The minimum atomic E-state index is -0.272. The number of nitrogens with one attached hydrogen (secondary N) is 1. The lowest BCUT2D eigenvalue weighted by Gasteiger charge is -2.17. The van der Waals surface area contributed by atoms with Gasteiger partial charge in [-0.05, 0) is 48.4 Å². The highest BCUT2D eigenvalue weighted by atomic mass is 32.1. The molecule has 0 saturated carbocycles. The van der Waals surface area contributed by atoms with Gasteiger partial charge in [0.25, 0.3) is 5.91 Å². The number of pyridine rings is 1. The number of carbonyl (C=O) groups excluding carboxylic acids is 2. The number of methoxy groups -OCH3 is 1. The standard InChI is InChI=1S/C27H26N6O4S/c1-32(25(34)10-13-36-2)19-5-6-21-20(14-19)30-27(33(21)12-9-18-4-3-11-28-15-18)31-26(35)24-8-7-23(38-24)22-16-29-17-37-22/h3-8,11,14-17H,9-10,12-13H2,1-2H3,(H,30,31,35). The number of hydrogen-bond donors (Lipinski definition) is 1. The summed E-state index contributed by atoms with van der Waals surface area (Å²) in [5.41, 5.74) is 3.30. The summed E-state index contributed by atoms with van der Waals surface area (Å²) in [5, 5.41) is 2.97. The number of imidazole rings is 1. The molecule has 0 aliphatic carbocycles. The Morgan fingerprint density at radius 1 is 1.16 bits per heavy atom. The molecule has 0 aliphatic heterocycles. The number of benzene rings is 1. The van der Waals surface area contributed by atoms with E-state index in [1.54, 1.807) is 37.5 Å². The largest absolute Gasteiger partial charge is 0.443 e. The zero-order chi connectivity index (χ0) is 26.5. The van der Waals surface area contributed by atoms with Crippen LogP contribution in [0.15, 0.2) is 71.9 Å². The molecule has 0 aliphatic rings. The molecule has 0 unspecified atom stereocenters. The van der Waals surface area contributed by atoms with Gasteiger partial charge in [0.2, 0.25) is 11.9 Å². The maximum absolute atomic E-state index is 13.2. The number of aryl methyl sites for hydroxylation is 2. The molecule has 4 heterocycles. The van der Waals surface area contributed by atoms with E-state index in [0.29, 0.717) is 47.4 Å². The first-order valence-corrected chi connectivity index (χ1v) is 12.8. The van der Waals surface area contributed by atoms with Gasteiger partial charge in [0.05, 0.1) is 40.0 Å². The van der Waals surface area contributed by atoms with Crippen molar-refractivity contribution in [3.05, 3.63) is 77.9 Å². The third-order valence-electron chi connectivity index (χ3n) is 6.09. The second-order valence-corrected chi connectivity index (χ2v) is 9.63. The Balaban J connectivity index is 1.44. The Hall–Kier alpha value is -4.35. The topological polar surface area (TPSA) is 115 Å². The molecule has 0 spiro atoms. The minimum absolute atomic E-state index is 0.0593. The molecular formula is C27H26N6O4S. The number of ether oxygens (including phenoxy) is 1. The predicted molar refractivity (Wildman–Crippen MR) is 145 cm³/mol.